The Morgan fingerprint density at radius 1 is 1.56 bits per heavy atom. The van der Waals surface area contributed by atoms with Crippen LogP contribution in [0.3, 0.4) is 0 Å². The van der Waals surface area contributed by atoms with Gasteiger partial charge in [-0.3, -0.25) is 4.21 Å². The fourth-order valence-corrected chi connectivity index (χ4v) is 2.02. The van der Waals surface area contributed by atoms with Crippen molar-refractivity contribution < 1.29 is 4.21 Å². The fraction of sp³-hybridized carbons (Fsp3) is 0.455. The molecule has 5 heteroatoms. The summed E-state index contributed by atoms with van der Waals surface area (Å²) < 4.78 is 12.1. The van der Waals surface area contributed by atoms with Crippen molar-refractivity contribution in [3.8, 4) is 0 Å². The second kappa shape index (κ2) is 5.68. The summed E-state index contributed by atoms with van der Waals surface area (Å²) in [6, 6.07) is 3.87. The number of hydrogen-bond donors (Lipinski definition) is 2. The Bertz CT molecular complexity index is 409. The van der Waals surface area contributed by atoms with Gasteiger partial charge in [0, 0.05) is 44.7 Å². The first-order valence-electron chi connectivity index (χ1n) is 5.03. The van der Waals surface area contributed by atoms with Crippen LogP contribution in [0.4, 0.5) is 11.4 Å². The first-order valence-corrected chi connectivity index (χ1v) is 7.45. The highest BCUT2D eigenvalue weighted by Crippen LogP contribution is 2.27. The average molecular weight is 305 g/mol. The van der Waals surface area contributed by atoms with Gasteiger partial charge in [0.1, 0.15) is 0 Å². The molecular weight excluding hydrogens is 288 g/mol. The number of halogens is 1. The Hall–Kier alpha value is -0.550. The predicted molar refractivity (Wildman–Crippen MR) is 75.3 cm³/mol. The van der Waals surface area contributed by atoms with Crippen LogP contribution in [-0.4, -0.2) is 22.3 Å². The van der Waals surface area contributed by atoms with Crippen LogP contribution >= 0.6 is 15.9 Å². The molecule has 0 heterocycles. The minimum atomic E-state index is -0.803. The summed E-state index contributed by atoms with van der Waals surface area (Å²) in [6.45, 7) is 4.61. The summed E-state index contributed by atoms with van der Waals surface area (Å²) in [7, 11) is -0.803. The molecule has 0 aromatic heterocycles. The lowest BCUT2D eigenvalue weighted by Crippen LogP contribution is -2.20. The molecule has 0 fully saturated rings. The molecule has 1 rings (SSSR count). The zero-order valence-corrected chi connectivity index (χ0v) is 12.1. The van der Waals surface area contributed by atoms with Gasteiger partial charge in [-0.1, -0.05) is 0 Å². The quantitative estimate of drug-likeness (QED) is 0.841. The molecule has 0 spiro atoms. The molecule has 16 heavy (non-hydrogen) atoms. The van der Waals surface area contributed by atoms with Gasteiger partial charge in [0.2, 0.25) is 0 Å². The fourth-order valence-electron chi connectivity index (χ4n) is 1.20. The average Bonchev–Trinajstić information content (AvgIpc) is 2.20. The van der Waals surface area contributed by atoms with E-state index in [0.717, 1.165) is 21.4 Å². The smallest absolute Gasteiger partial charge is 0.0489 e. The lowest BCUT2D eigenvalue weighted by molar-refractivity contribution is 0.679. The van der Waals surface area contributed by atoms with E-state index in [1.165, 1.54) is 0 Å². The molecule has 0 aliphatic carbocycles. The van der Waals surface area contributed by atoms with Crippen molar-refractivity contribution in [1.82, 2.24) is 0 Å². The standard InChI is InChI=1S/C11H17BrN2OS/c1-7-4-11(9(12)5-10(7)13)14-6-8(2)16(3)15/h4-5,8,14H,6,13H2,1-3H3. The Labute approximate surface area is 107 Å². The Kier molecular flexibility index (Phi) is 4.80. The number of benzene rings is 1. The molecule has 3 N–H and O–H groups in total. The van der Waals surface area contributed by atoms with E-state index in [4.69, 9.17) is 5.73 Å². The van der Waals surface area contributed by atoms with Crippen molar-refractivity contribution in [2.45, 2.75) is 19.1 Å². The predicted octanol–water partition coefficient (Wildman–Crippen LogP) is 2.52. The van der Waals surface area contributed by atoms with Crippen LogP contribution in [0.15, 0.2) is 16.6 Å². The van der Waals surface area contributed by atoms with Crippen molar-refractivity contribution in [1.29, 1.82) is 0 Å². The van der Waals surface area contributed by atoms with Gasteiger partial charge in [-0.25, -0.2) is 0 Å². The third-order valence-corrected chi connectivity index (χ3v) is 4.46. The summed E-state index contributed by atoms with van der Waals surface area (Å²) in [4.78, 5) is 0. The number of nitrogens with two attached hydrogens (primary N) is 1. The number of hydrogen-bond acceptors (Lipinski definition) is 3. The van der Waals surface area contributed by atoms with E-state index in [1.54, 1.807) is 6.26 Å². The van der Waals surface area contributed by atoms with Gasteiger partial charge >= 0.3 is 0 Å². The molecule has 1 aromatic rings. The third kappa shape index (κ3) is 3.49. The topological polar surface area (TPSA) is 55.1 Å². The van der Waals surface area contributed by atoms with Crippen molar-refractivity contribution in [2.75, 3.05) is 23.9 Å². The summed E-state index contributed by atoms with van der Waals surface area (Å²) in [5.74, 6) is 0. The van der Waals surface area contributed by atoms with Crippen LogP contribution in [0.5, 0.6) is 0 Å². The molecule has 2 atom stereocenters. The molecule has 3 nitrogen and oxygen atoms in total. The monoisotopic (exact) mass is 304 g/mol. The first kappa shape index (κ1) is 13.5. The van der Waals surface area contributed by atoms with E-state index >= 15 is 0 Å². The summed E-state index contributed by atoms with van der Waals surface area (Å²) in [6.07, 6.45) is 1.72. The highest BCUT2D eigenvalue weighted by atomic mass is 79.9. The molecule has 0 radical (unpaired) electrons. The number of anilines is 2. The zero-order chi connectivity index (χ0) is 12.3. The van der Waals surface area contributed by atoms with E-state index in [-0.39, 0.29) is 5.25 Å². The lowest BCUT2D eigenvalue weighted by atomic mass is 10.2. The summed E-state index contributed by atoms with van der Waals surface area (Å²) >= 11 is 3.45. The second-order valence-electron chi connectivity index (χ2n) is 3.88. The van der Waals surface area contributed by atoms with Crippen molar-refractivity contribution in [2.24, 2.45) is 0 Å². The normalized spacial score (nSPS) is 14.5. The van der Waals surface area contributed by atoms with Gasteiger partial charge in [0.05, 0.1) is 0 Å². The van der Waals surface area contributed by atoms with Crippen LogP contribution < -0.4 is 11.1 Å². The lowest BCUT2D eigenvalue weighted by Gasteiger charge is -2.14. The molecular formula is C11H17BrN2OS. The van der Waals surface area contributed by atoms with E-state index in [9.17, 15) is 4.21 Å². The zero-order valence-electron chi connectivity index (χ0n) is 9.71. The molecule has 0 saturated heterocycles. The molecule has 90 valence electrons. The van der Waals surface area contributed by atoms with E-state index in [0.29, 0.717) is 6.54 Å². The van der Waals surface area contributed by atoms with Crippen molar-refractivity contribution >= 4 is 38.1 Å². The largest absolute Gasteiger partial charge is 0.398 e. The molecule has 0 aliphatic heterocycles. The molecule has 2 unspecified atom stereocenters. The molecule has 1 aromatic carbocycles. The van der Waals surface area contributed by atoms with E-state index in [1.807, 2.05) is 26.0 Å². The van der Waals surface area contributed by atoms with Crippen LogP contribution in [0, 0.1) is 6.92 Å². The van der Waals surface area contributed by atoms with Gasteiger partial charge in [0.15, 0.2) is 0 Å². The van der Waals surface area contributed by atoms with E-state index in [2.05, 4.69) is 21.2 Å². The number of aryl methyl sites for hydroxylation is 1. The summed E-state index contributed by atoms with van der Waals surface area (Å²) in [5.41, 5.74) is 8.58. The second-order valence-corrected chi connectivity index (χ2v) is 6.54. The SMILES string of the molecule is Cc1cc(NCC(C)S(C)=O)c(Br)cc1N. The van der Waals surface area contributed by atoms with Gasteiger partial charge in [-0.2, -0.15) is 0 Å². The van der Waals surface area contributed by atoms with Gasteiger partial charge in [0.25, 0.3) is 0 Å². The number of nitrogen functional groups attached to an aromatic ring is 1. The van der Waals surface area contributed by atoms with E-state index < -0.39 is 10.8 Å². The number of nitrogens with one attached hydrogen (secondary N) is 1. The molecule has 0 saturated carbocycles. The Morgan fingerprint density at radius 2 is 2.19 bits per heavy atom. The van der Waals surface area contributed by atoms with Gasteiger partial charge in [-0.05, 0) is 47.5 Å². The highest BCUT2D eigenvalue weighted by molar-refractivity contribution is 9.10. The maximum atomic E-state index is 11.2. The third-order valence-electron chi connectivity index (χ3n) is 2.50. The van der Waals surface area contributed by atoms with Crippen molar-refractivity contribution in [3.05, 3.63) is 22.2 Å². The van der Waals surface area contributed by atoms with Crippen LogP contribution in [-0.2, 0) is 10.8 Å². The first-order chi connectivity index (χ1) is 7.41. The molecule has 0 bridgehead atoms. The van der Waals surface area contributed by atoms with Crippen LogP contribution in [0.25, 0.3) is 0 Å². The maximum Gasteiger partial charge on any atom is 0.0489 e. The molecule has 0 aliphatic rings. The van der Waals surface area contributed by atoms with Crippen LogP contribution in [0.1, 0.15) is 12.5 Å². The van der Waals surface area contributed by atoms with Gasteiger partial charge in [-0.15, -0.1) is 0 Å². The van der Waals surface area contributed by atoms with Crippen molar-refractivity contribution in [3.63, 3.8) is 0 Å². The summed E-state index contributed by atoms with van der Waals surface area (Å²) in [5, 5.41) is 3.40. The number of rotatable bonds is 4. The maximum absolute atomic E-state index is 11.2. The van der Waals surface area contributed by atoms with Crippen LogP contribution in [0.2, 0.25) is 0 Å². The Morgan fingerprint density at radius 3 is 2.75 bits per heavy atom. The van der Waals surface area contributed by atoms with Gasteiger partial charge < -0.3 is 11.1 Å². The Balaban J connectivity index is 2.74. The minimum Gasteiger partial charge on any atom is -0.398 e. The highest BCUT2D eigenvalue weighted by Gasteiger charge is 2.08. The molecule has 0 amide bonds. The minimum absolute atomic E-state index is 0.129.